The van der Waals surface area contributed by atoms with Crippen LogP contribution in [0.5, 0.6) is 0 Å². The predicted molar refractivity (Wildman–Crippen MR) is 76.0 cm³/mol. The monoisotopic (exact) mass is 266 g/mol. The summed E-state index contributed by atoms with van der Waals surface area (Å²) in [6, 6.07) is 4.16. The minimum Gasteiger partial charge on any atom is -0.463 e. The third-order valence-electron chi connectivity index (χ3n) is 3.20. The quantitative estimate of drug-likeness (QED) is 0.908. The molecule has 19 heavy (non-hydrogen) atoms. The Labute approximate surface area is 116 Å². The third kappa shape index (κ3) is 5.35. The predicted octanol–water partition coefficient (Wildman–Crippen LogP) is 2.39. The van der Waals surface area contributed by atoms with Gasteiger partial charge in [-0.3, -0.25) is 4.90 Å². The fraction of sp³-hybridized carbons (Fsp3) is 0.733. The van der Waals surface area contributed by atoms with Crippen LogP contribution in [0.2, 0.25) is 0 Å². The SMILES string of the molecule is CC(C)(C)NCc1ccc(CN2CCCOCC2)o1. The Morgan fingerprint density at radius 3 is 2.74 bits per heavy atom. The van der Waals surface area contributed by atoms with E-state index in [1.165, 1.54) is 0 Å². The van der Waals surface area contributed by atoms with Gasteiger partial charge in [0.1, 0.15) is 11.5 Å². The molecule has 1 aromatic heterocycles. The van der Waals surface area contributed by atoms with Gasteiger partial charge in [0.25, 0.3) is 0 Å². The van der Waals surface area contributed by atoms with Gasteiger partial charge in [-0.1, -0.05) is 0 Å². The molecule has 0 unspecified atom stereocenters. The maximum atomic E-state index is 5.88. The van der Waals surface area contributed by atoms with Gasteiger partial charge in [0.05, 0.1) is 19.7 Å². The molecule has 1 N–H and O–H groups in total. The average Bonchev–Trinajstić information content (AvgIpc) is 2.61. The van der Waals surface area contributed by atoms with Gasteiger partial charge in [0.15, 0.2) is 0 Å². The molecule has 1 saturated heterocycles. The van der Waals surface area contributed by atoms with E-state index >= 15 is 0 Å². The van der Waals surface area contributed by atoms with Gasteiger partial charge in [-0.2, -0.15) is 0 Å². The first kappa shape index (κ1) is 14.6. The number of hydrogen-bond donors (Lipinski definition) is 1. The Hall–Kier alpha value is -0.840. The number of nitrogens with zero attached hydrogens (tertiary/aromatic N) is 1. The van der Waals surface area contributed by atoms with Crippen LogP contribution in [0.1, 0.15) is 38.7 Å². The molecule has 108 valence electrons. The summed E-state index contributed by atoms with van der Waals surface area (Å²) < 4.78 is 11.3. The molecule has 2 rings (SSSR count). The standard InChI is InChI=1S/C15H26N2O2/c1-15(2,3)16-11-13-5-6-14(19-13)12-17-7-4-9-18-10-8-17/h5-6,16H,4,7-12H2,1-3H3. The van der Waals surface area contributed by atoms with Crippen molar-refractivity contribution in [2.45, 2.75) is 45.8 Å². The molecule has 0 radical (unpaired) electrons. The Morgan fingerprint density at radius 2 is 1.95 bits per heavy atom. The summed E-state index contributed by atoms with van der Waals surface area (Å²) in [5, 5.41) is 3.44. The first-order chi connectivity index (χ1) is 9.03. The lowest BCUT2D eigenvalue weighted by Crippen LogP contribution is -2.34. The van der Waals surface area contributed by atoms with E-state index < -0.39 is 0 Å². The van der Waals surface area contributed by atoms with Gasteiger partial charge in [-0.25, -0.2) is 0 Å². The maximum absolute atomic E-state index is 5.88. The molecule has 2 heterocycles. The molecule has 1 aliphatic rings. The van der Waals surface area contributed by atoms with Crippen molar-refractivity contribution in [1.82, 2.24) is 10.2 Å². The van der Waals surface area contributed by atoms with Crippen molar-refractivity contribution in [2.75, 3.05) is 26.3 Å². The van der Waals surface area contributed by atoms with Crippen molar-refractivity contribution in [2.24, 2.45) is 0 Å². The lowest BCUT2D eigenvalue weighted by Gasteiger charge is -2.19. The fourth-order valence-corrected chi connectivity index (χ4v) is 2.13. The first-order valence-corrected chi connectivity index (χ1v) is 7.16. The largest absolute Gasteiger partial charge is 0.463 e. The summed E-state index contributed by atoms with van der Waals surface area (Å²) in [5.74, 6) is 2.06. The Kier molecular flexibility index (Phi) is 5.02. The number of hydrogen-bond acceptors (Lipinski definition) is 4. The van der Waals surface area contributed by atoms with Crippen LogP contribution in [0.4, 0.5) is 0 Å². The van der Waals surface area contributed by atoms with Crippen LogP contribution in [-0.4, -0.2) is 36.7 Å². The molecule has 0 aliphatic carbocycles. The molecule has 0 aromatic carbocycles. The van der Waals surface area contributed by atoms with Crippen LogP contribution in [0.25, 0.3) is 0 Å². The van der Waals surface area contributed by atoms with Crippen LogP contribution in [0.3, 0.4) is 0 Å². The molecule has 0 atom stereocenters. The van der Waals surface area contributed by atoms with Crippen molar-refractivity contribution in [1.29, 1.82) is 0 Å². The van der Waals surface area contributed by atoms with E-state index in [9.17, 15) is 0 Å². The fourth-order valence-electron chi connectivity index (χ4n) is 2.13. The summed E-state index contributed by atoms with van der Waals surface area (Å²) >= 11 is 0. The zero-order chi connectivity index (χ0) is 13.7. The average molecular weight is 266 g/mol. The lowest BCUT2D eigenvalue weighted by atomic mass is 10.1. The second-order valence-corrected chi connectivity index (χ2v) is 6.21. The van der Waals surface area contributed by atoms with E-state index in [4.69, 9.17) is 9.15 Å². The molecule has 0 bridgehead atoms. The first-order valence-electron chi connectivity index (χ1n) is 7.16. The highest BCUT2D eigenvalue weighted by molar-refractivity contribution is 5.07. The molecule has 0 saturated carbocycles. The smallest absolute Gasteiger partial charge is 0.118 e. The second-order valence-electron chi connectivity index (χ2n) is 6.21. The van der Waals surface area contributed by atoms with Crippen LogP contribution in [-0.2, 0) is 17.8 Å². The molecule has 4 heteroatoms. The number of rotatable bonds is 4. The molecule has 1 aliphatic heterocycles. The summed E-state index contributed by atoms with van der Waals surface area (Å²) in [7, 11) is 0. The molecule has 1 aromatic rings. The normalized spacial score (nSPS) is 18.5. The minimum atomic E-state index is 0.120. The highest BCUT2D eigenvalue weighted by Crippen LogP contribution is 2.13. The summed E-state index contributed by atoms with van der Waals surface area (Å²) in [5.41, 5.74) is 0.120. The Morgan fingerprint density at radius 1 is 1.16 bits per heavy atom. The maximum Gasteiger partial charge on any atom is 0.118 e. The molecular formula is C15H26N2O2. The number of ether oxygens (including phenoxy) is 1. The minimum absolute atomic E-state index is 0.120. The molecular weight excluding hydrogens is 240 g/mol. The Balaban J connectivity index is 1.82. The summed E-state index contributed by atoms with van der Waals surface area (Å²) in [6.07, 6.45) is 1.11. The van der Waals surface area contributed by atoms with Gasteiger partial charge in [0, 0.05) is 25.2 Å². The highest BCUT2D eigenvalue weighted by atomic mass is 16.5. The second kappa shape index (κ2) is 6.55. The van der Waals surface area contributed by atoms with Gasteiger partial charge in [0.2, 0.25) is 0 Å². The number of furan rings is 1. The molecule has 0 spiro atoms. The van der Waals surface area contributed by atoms with Gasteiger partial charge >= 0.3 is 0 Å². The van der Waals surface area contributed by atoms with Crippen LogP contribution in [0.15, 0.2) is 16.5 Å². The topological polar surface area (TPSA) is 37.6 Å². The molecule has 4 nitrogen and oxygen atoms in total. The Bertz CT molecular complexity index is 374. The van der Waals surface area contributed by atoms with E-state index in [1.807, 2.05) is 0 Å². The number of nitrogens with one attached hydrogen (secondary N) is 1. The van der Waals surface area contributed by atoms with E-state index in [0.29, 0.717) is 0 Å². The zero-order valence-electron chi connectivity index (χ0n) is 12.4. The van der Waals surface area contributed by atoms with E-state index in [-0.39, 0.29) is 5.54 Å². The van der Waals surface area contributed by atoms with Crippen LogP contribution >= 0.6 is 0 Å². The summed E-state index contributed by atoms with van der Waals surface area (Å²) in [4.78, 5) is 2.40. The van der Waals surface area contributed by atoms with Gasteiger partial charge < -0.3 is 14.5 Å². The van der Waals surface area contributed by atoms with Crippen molar-refractivity contribution in [3.63, 3.8) is 0 Å². The van der Waals surface area contributed by atoms with E-state index in [0.717, 1.165) is 57.3 Å². The molecule has 0 amide bonds. The third-order valence-corrected chi connectivity index (χ3v) is 3.20. The van der Waals surface area contributed by atoms with Gasteiger partial charge in [-0.05, 0) is 39.3 Å². The van der Waals surface area contributed by atoms with Crippen molar-refractivity contribution < 1.29 is 9.15 Å². The molecule has 1 fully saturated rings. The van der Waals surface area contributed by atoms with Crippen molar-refractivity contribution in [3.8, 4) is 0 Å². The van der Waals surface area contributed by atoms with Gasteiger partial charge in [-0.15, -0.1) is 0 Å². The van der Waals surface area contributed by atoms with Crippen molar-refractivity contribution in [3.05, 3.63) is 23.7 Å². The van der Waals surface area contributed by atoms with Crippen LogP contribution in [0, 0.1) is 0 Å². The summed E-state index contributed by atoms with van der Waals surface area (Å²) in [6.45, 7) is 12.0. The van der Waals surface area contributed by atoms with Crippen LogP contribution < -0.4 is 5.32 Å². The highest BCUT2D eigenvalue weighted by Gasteiger charge is 2.13. The van der Waals surface area contributed by atoms with E-state index in [2.05, 4.69) is 43.1 Å². The van der Waals surface area contributed by atoms with E-state index in [1.54, 1.807) is 0 Å². The lowest BCUT2D eigenvalue weighted by molar-refractivity contribution is 0.139. The zero-order valence-corrected chi connectivity index (χ0v) is 12.4. The van der Waals surface area contributed by atoms with Crippen molar-refractivity contribution >= 4 is 0 Å².